The predicted molar refractivity (Wildman–Crippen MR) is 40.0 cm³/mol. The van der Waals surface area contributed by atoms with Crippen LogP contribution in [0.4, 0.5) is 0 Å². The molecular weight excluding hydrogens is 148 g/mol. The first-order valence-corrected chi connectivity index (χ1v) is 4.15. The molecule has 0 aromatic heterocycles. The summed E-state index contributed by atoms with van der Waals surface area (Å²) in [6.07, 6.45) is 3.85. The SMILES string of the molecule is O=C1CCC2C(CCl)=CC12. The van der Waals surface area contributed by atoms with Gasteiger partial charge in [-0.05, 0) is 12.3 Å². The first kappa shape index (κ1) is 6.41. The predicted octanol–water partition coefficient (Wildman–Crippen LogP) is 1.76. The Hall–Kier alpha value is -0.300. The van der Waals surface area contributed by atoms with Crippen LogP contribution in [0, 0.1) is 11.8 Å². The van der Waals surface area contributed by atoms with Gasteiger partial charge in [-0.25, -0.2) is 0 Å². The third kappa shape index (κ3) is 0.671. The minimum Gasteiger partial charge on any atom is -0.299 e. The summed E-state index contributed by atoms with van der Waals surface area (Å²) in [6, 6.07) is 0. The van der Waals surface area contributed by atoms with Crippen LogP contribution in [0.15, 0.2) is 11.6 Å². The number of ketones is 1. The zero-order valence-corrected chi connectivity index (χ0v) is 6.40. The average Bonchev–Trinajstić information content (AvgIpc) is 2.10. The highest BCUT2D eigenvalue weighted by atomic mass is 35.5. The molecule has 0 bridgehead atoms. The van der Waals surface area contributed by atoms with E-state index in [0.717, 1.165) is 12.8 Å². The molecule has 54 valence electrons. The van der Waals surface area contributed by atoms with Crippen LogP contribution in [0.3, 0.4) is 0 Å². The lowest BCUT2D eigenvalue weighted by atomic mass is 9.78. The molecule has 0 N–H and O–H groups in total. The molecule has 0 aromatic carbocycles. The number of fused-ring (bicyclic) bond motifs is 1. The lowest BCUT2D eigenvalue weighted by Crippen LogP contribution is -2.24. The molecule has 1 fully saturated rings. The topological polar surface area (TPSA) is 17.1 Å². The zero-order valence-electron chi connectivity index (χ0n) is 5.64. The zero-order chi connectivity index (χ0) is 7.14. The van der Waals surface area contributed by atoms with Crippen molar-refractivity contribution >= 4 is 17.4 Å². The molecule has 2 heteroatoms. The van der Waals surface area contributed by atoms with Crippen molar-refractivity contribution in [1.82, 2.24) is 0 Å². The Kier molecular flexibility index (Phi) is 1.34. The first-order valence-electron chi connectivity index (χ1n) is 3.62. The molecule has 2 rings (SSSR count). The molecule has 2 aliphatic carbocycles. The van der Waals surface area contributed by atoms with Gasteiger partial charge in [-0.3, -0.25) is 4.79 Å². The highest BCUT2D eigenvalue weighted by molar-refractivity contribution is 6.19. The second-order valence-electron chi connectivity index (χ2n) is 3.01. The van der Waals surface area contributed by atoms with E-state index in [-0.39, 0.29) is 5.92 Å². The van der Waals surface area contributed by atoms with Gasteiger partial charge in [0, 0.05) is 18.2 Å². The number of carbonyl (C=O) groups excluding carboxylic acids is 1. The minimum absolute atomic E-state index is 0.258. The van der Waals surface area contributed by atoms with Gasteiger partial charge in [0.2, 0.25) is 0 Å². The van der Waals surface area contributed by atoms with E-state index in [0.29, 0.717) is 17.6 Å². The normalized spacial score (nSPS) is 36.9. The standard InChI is InChI=1S/C8H9ClO/c9-4-5-3-7-6(5)1-2-8(7)10/h3,6-7H,1-2,4H2. The van der Waals surface area contributed by atoms with Crippen molar-refractivity contribution in [3.05, 3.63) is 11.6 Å². The van der Waals surface area contributed by atoms with Crippen LogP contribution in [0.1, 0.15) is 12.8 Å². The third-order valence-corrected chi connectivity index (χ3v) is 2.84. The molecular formula is C8H9ClO. The van der Waals surface area contributed by atoms with Crippen LogP contribution in [-0.2, 0) is 4.79 Å². The van der Waals surface area contributed by atoms with Crippen LogP contribution in [0.5, 0.6) is 0 Å². The van der Waals surface area contributed by atoms with Gasteiger partial charge in [0.25, 0.3) is 0 Å². The van der Waals surface area contributed by atoms with Crippen LogP contribution in [0.2, 0.25) is 0 Å². The first-order chi connectivity index (χ1) is 4.83. The van der Waals surface area contributed by atoms with Gasteiger partial charge in [-0.15, -0.1) is 11.6 Å². The van der Waals surface area contributed by atoms with Crippen molar-refractivity contribution in [1.29, 1.82) is 0 Å². The van der Waals surface area contributed by atoms with Crippen molar-refractivity contribution in [2.75, 3.05) is 5.88 Å². The minimum atomic E-state index is 0.258. The van der Waals surface area contributed by atoms with E-state index in [1.165, 1.54) is 5.57 Å². The Morgan fingerprint density at radius 3 is 3.10 bits per heavy atom. The molecule has 2 atom stereocenters. The van der Waals surface area contributed by atoms with E-state index < -0.39 is 0 Å². The number of hydrogen-bond donors (Lipinski definition) is 0. The monoisotopic (exact) mass is 156 g/mol. The lowest BCUT2D eigenvalue weighted by molar-refractivity contribution is -0.120. The Labute approximate surface area is 65.1 Å². The van der Waals surface area contributed by atoms with Gasteiger partial charge in [0.15, 0.2) is 0 Å². The van der Waals surface area contributed by atoms with Gasteiger partial charge in [-0.1, -0.05) is 11.6 Å². The lowest BCUT2D eigenvalue weighted by Gasteiger charge is -2.27. The van der Waals surface area contributed by atoms with Gasteiger partial charge in [-0.2, -0.15) is 0 Å². The Bertz CT molecular complexity index is 207. The van der Waals surface area contributed by atoms with Crippen LogP contribution < -0.4 is 0 Å². The van der Waals surface area contributed by atoms with Gasteiger partial charge < -0.3 is 0 Å². The van der Waals surface area contributed by atoms with Crippen LogP contribution in [-0.4, -0.2) is 11.7 Å². The van der Waals surface area contributed by atoms with Crippen molar-refractivity contribution < 1.29 is 4.79 Å². The summed E-state index contributed by atoms with van der Waals surface area (Å²) < 4.78 is 0. The summed E-state index contributed by atoms with van der Waals surface area (Å²) in [7, 11) is 0. The molecule has 0 amide bonds. The molecule has 2 aliphatic rings. The van der Waals surface area contributed by atoms with Crippen molar-refractivity contribution in [3.8, 4) is 0 Å². The van der Waals surface area contributed by atoms with E-state index in [9.17, 15) is 4.79 Å². The summed E-state index contributed by atoms with van der Waals surface area (Å²) in [5.74, 6) is 1.83. The molecule has 0 spiro atoms. The molecule has 1 saturated carbocycles. The summed E-state index contributed by atoms with van der Waals surface area (Å²) in [4.78, 5) is 11.0. The van der Waals surface area contributed by atoms with E-state index in [4.69, 9.17) is 11.6 Å². The highest BCUT2D eigenvalue weighted by Gasteiger charge is 2.41. The van der Waals surface area contributed by atoms with Gasteiger partial charge in [0.1, 0.15) is 5.78 Å². The average molecular weight is 157 g/mol. The van der Waals surface area contributed by atoms with Gasteiger partial charge in [0.05, 0.1) is 0 Å². The van der Waals surface area contributed by atoms with E-state index in [1.807, 2.05) is 6.08 Å². The Morgan fingerprint density at radius 1 is 1.70 bits per heavy atom. The van der Waals surface area contributed by atoms with Crippen LogP contribution in [0.25, 0.3) is 0 Å². The smallest absolute Gasteiger partial charge is 0.140 e. The summed E-state index contributed by atoms with van der Waals surface area (Å²) in [5, 5.41) is 0. The van der Waals surface area contributed by atoms with Gasteiger partial charge >= 0.3 is 0 Å². The van der Waals surface area contributed by atoms with Crippen molar-refractivity contribution in [3.63, 3.8) is 0 Å². The molecule has 2 unspecified atom stereocenters. The molecule has 0 radical (unpaired) electrons. The number of allylic oxidation sites excluding steroid dienone is 2. The van der Waals surface area contributed by atoms with Crippen LogP contribution >= 0.6 is 11.6 Å². The second kappa shape index (κ2) is 2.09. The van der Waals surface area contributed by atoms with E-state index in [1.54, 1.807) is 0 Å². The molecule has 1 nitrogen and oxygen atoms in total. The Balaban J connectivity index is 2.17. The highest BCUT2D eigenvalue weighted by Crippen LogP contribution is 2.43. The second-order valence-corrected chi connectivity index (χ2v) is 3.28. The maximum absolute atomic E-state index is 11.0. The third-order valence-electron chi connectivity index (χ3n) is 2.53. The number of hydrogen-bond acceptors (Lipinski definition) is 1. The van der Waals surface area contributed by atoms with E-state index in [2.05, 4.69) is 0 Å². The molecule has 0 aromatic rings. The number of carbonyl (C=O) groups is 1. The fraction of sp³-hybridized carbons (Fsp3) is 0.625. The maximum atomic E-state index is 11.0. The molecule has 0 heterocycles. The fourth-order valence-corrected chi connectivity index (χ4v) is 2.16. The molecule has 0 aliphatic heterocycles. The quantitative estimate of drug-likeness (QED) is 0.418. The summed E-state index contributed by atoms with van der Waals surface area (Å²) in [5.41, 5.74) is 1.29. The molecule has 0 saturated heterocycles. The maximum Gasteiger partial charge on any atom is 0.140 e. The fourth-order valence-electron chi connectivity index (χ4n) is 1.87. The number of halogens is 1. The summed E-state index contributed by atoms with van der Waals surface area (Å²) in [6.45, 7) is 0. The largest absolute Gasteiger partial charge is 0.299 e. The molecule has 10 heavy (non-hydrogen) atoms. The van der Waals surface area contributed by atoms with Crippen molar-refractivity contribution in [2.24, 2.45) is 11.8 Å². The number of alkyl halides is 1. The van der Waals surface area contributed by atoms with Crippen molar-refractivity contribution in [2.45, 2.75) is 12.8 Å². The Morgan fingerprint density at radius 2 is 2.50 bits per heavy atom. The van der Waals surface area contributed by atoms with E-state index >= 15 is 0 Å². The summed E-state index contributed by atoms with van der Waals surface area (Å²) >= 11 is 5.64. The number of rotatable bonds is 1. The number of Topliss-reactive ketones (excluding diaryl/α,β-unsaturated/α-hetero) is 1.